The molecule has 0 atom stereocenters. The van der Waals surface area contributed by atoms with Crippen molar-refractivity contribution in [2.24, 2.45) is 0 Å². The molecule has 0 aromatic heterocycles. The Balaban J connectivity index is 2.85. The Bertz CT molecular complexity index is 458. The summed E-state index contributed by atoms with van der Waals surface area (Å²) in [6.07, 6.45) is 1.83. The molecule has 1 aromatic rings. The minimum atomic E-state index is -1.25. The third-order valence-electron chi connectivity index (χ3n) is 2.01. The number of benzene rings is 1. The first-order valence-electron chi connectivity index (χ1n) is 5.49. The largest absolute Gasteiger partial charge is 0.129 e. The topological polar surface area (TPSA) is 0 Å². The smallest absolute Gasteiger partial charge is 0.127 e. The molecule has 0 saturated heterocycles. The van der Waals surface area contributed by atoms with E-state index in [1.807, 2.05) is 24.3 Å². The van der Waals surface area contributed by atoms with E-state index in [1.165, 1.54) is 5.56 Å². The SMILES string of the molecule is CC(=C=CC#C[Si](C)(C)C)c1ccccc1. The van der Waals surface area contributed by atoms with Crippen LogP contribution < -0.4 is 0 Å². The molecule has 0 saturated carbocycles. The van der Waals surface area contributed by atoms with Crippen molar-refractivity contribution in [3.05, 3.63) is 47.7 Å². The summed E-state index contributed by atoms with van der Waals surface area (Å²) in [4.78, 5) is 0. The van der Waals surface area contributed by atoms with Gasteiger partial charge in [0, 0.05) is 6.08 Å². The molecule has 1 aromatic carbocycles. The van der Waals surface area contributed by atoms with Gasteiger partial charge in [-0.15, -0.1) is 11.3 Å². The summed E-state index contributed by atoms with van der Waals surface area (Å²) < 4.78 is 0. The summed E-state index contributed by atoms with van der Waals surface area (Å²) in [5, 5.41) is 0. The lowest BCUT2D eigenvalue weighted by molar-refractivity contribution is 1.58. The Morgan fingerprint density at radius 3 is 2.31 bits per heavy atom. The summed E-state index contributed by atoms with van der Waals surface area (Å²) in [7, 11) is -1.25. The normalized spacial score (nSPS) is 9.75. The van der Waals surface area contributed by atoms with E-state index in [0.717, 1.165) is 5.57 Å². The molecule has 0 nitrogen and oxygen atoms in total. The molecule has 0 unspecified atom stereocenters. The van der Waals surface area contributed by atoms with Crippen LogP contribution in [0.1, 0.15) is 12.5 Å². The maximum Gasteiger partial charge on any atom is 0.129 e. The lowest BCUT2D eigenvalue weighted by atomic mass is 10.1. The van der Waals surface area contributed by atoms with Crippen molar-refractivity contribution in [2.45, 2.75) is 26.6 Å². The molecule has 0 fully saturated rings. The Labute approximate surface area is 99.7 Å². The third-order valence-corrected chi connectivity index (χ3v) is 2.91. The predicted molar refractivity (Wildman–Crippen MR) is 74.7 cm³/mol. The molecule has 16 heavy (non-hydrogen) atoms. The van der Waals surface area contributed by atoms with E-state index in [4.69, 9.17) is 0 Å². The molecule has 1 rings (SSSR count). The summed E-state index contributed by atoms with van der Waals surface area (Å²) in [6.45, 7) is 8.77. The lowest BCUT2D eigenvalue weighted by Gasteiger charge is -2.01. The van der Waals surface area contributed by atoms with Crippen LogP contribution in [0.15, 0.2) is 42.1 Å². The van der Waals surface area contributed by atoms with Crippen LogP contribution in [-0.2, 0) is 0 Å². The third kappa shape index (κ3) is 4.84. The van der Waals surface area contributed by atoms with E-state index in [9.17, 15) is 0 Å². The molecule has 0 amide bonds. The highest BCUT2D eigenvalue weighted by molar-refractivity contribution is 6.83. The molecular formula is C15H18Si. The van der Waals surface area contributed by atoms with E-state index < -0.39 is 8.07 Å². The van der Waals surface area contributed by atoms with Crippen LogP contribution in [0.4, 0.5) is 0 Å². The van der Waals surface area contributed by atoms with Crippen LogP contribution in [0.2, 0.25) is 19.6 Å². The fourth-order valence-corrected chi connectivity index (χ4v) is 1.67. The van der Waals surface area contributed by atoms with Gasteiger partial charge >= 0.3 is 0 Å². The average molecular weight is 226 g/mol. The molecule has 82 valence electrons. The second-order valence-corrected chi connectivity index (χ2v) is 9.55. The van der Waals surface area contributed by atoms with Crippen LogP contribution in [0.3, 0.4) is 0 Å². The molecule has 0 spiro atoms. The summed E-state index contributed by atoms with van der Waals surface area (Å²) in [6, 6.07) is 10.3. The van der Waals surface area contributed by atoms with Crippen molar-refractivity contribution in [3.8, 4) is 11.5 Å². The maximum atomic E-state index is 3.29. The number of rotatable bonds is 1. The van der Waals surface area contributed by atoms with E-state index >= 15 is 0 Å². The van der Waals surface area contributed by atoms with Crippen molar-refractivity contribution < 1.29 is 0 Å². The molecule has 0 heterocycles. The first kappa shape index (κ1) is 12.6. The van der Waals surface area contributed by atoms with Crippen LogP contribution in [0.25, 0.3) is 5.57 Å². The Morgan fingerprint density at radius 2 is 1.75 bits per heavy atom. The van der Waals surface area contributed by atoms with Gasteiger partial charge in [-0.3, -0.25) is 0 Å². The number of hydrogen-bond acceptors (Lipinski definition) is 0. The van der Waals surface area contributed by atoms with E-state index in [1.54, 1.807) is 0 Å². The van der Waals surface area contributed by atoms with Crippen molar-refractivity contribution in [1.82, 2.24) is 0 Å². The minimum absolute atomic E-state index is 1.13. The van der Waals surface area contributed by atoms with Crippen LogP contribution in [-0.4, -0.2) is 8.07 Å². The van der Waals surface area contributed by atoms with Crippen molar-refractivity contribution in [1.29, 1.82) is 0 Å². The van der Waals surface area contributed by atoms with Gasteiger partial charge in [-0.1, -0.05) is 55.9 Å². The molecule has 1 heteroatoms. The first-order valence-corrected chi connectivity index (χ1v) is 8.99. The Hall–Kier alpha value is -1.48. The first-order chi connectivity index (χ1) is 7.49. The summed E-state index contributed by atoms with van der Waals surface area (Å²) in [5.74, 6) is 3.08. The zero-order valence-electron chi connectivity index (χ0n) is 10.5. The monoisotopic (exact) mass is 226 g/mol. The molecule has 0 aliphatic heterocycles. The molecule has 0 N–H and O–H groups in total. The molecule has 0 aliphatic carbocycles. The number of allylic oxidation sites excluding steroid dienone is 1. The summed E-state index contributed by atoms with van der Waals surface area (Å²) >= 11 is 0. The van der Waals surface area contributed by atoms with Crippen LogP contribution in [0, 0.1) is 11.5 Å². The molecule has 0 radical (unpaired) electrons. The standard InChI is InChI=1S/C15H18Si/c1-14(15-11-6-5-7-12-15)10-8-9-13-16(2,3)4/h5-8,11-12H,1-4H3. The Kier molecular flexibility index (Phi) is 4.37. The maximum absolute atomic E-state index is 3.29. The Morgan fingerprint density at radius 1 is 1.12 bits per heavy atom. The van der Waals surface area contributed by atoms with Gasteiger partial charge < -0.3 is 0 Å². The van der Waals surface area contributed by atoms with Crippen molar-refractivity contribution in [3.63, 3.8) is 0 Å². The number of hydrogen-bond donors (Lipinski definition) is 0. The fraction of sp³-hybridized carbons (Fsp3) is 0.267. The van der Waals surface area contributed by atoms with Crippen molar-refractivity contribution in [2.75, 3.05) is 0 Å². The molecule has 0 bridgehead atoms. The van der Waals surface area contributed by atoms with Gasteiger partial charge in [-0.05, 0) is 18.1 Å². The van der Waals surface area contributed by atoms with Gasteiger partial charge in [0.15, 0.2) is 0 Å². The average Bonchev–Trinajstić information content (AvgIpc) is 2.24. The lowest BCUT2D eigenvalue weighted by Crippen LogP contribution is -2.16. The zero-order chi connectivity index (χ0) is 12.0. The van der Waals surface area contributed by atoms with Crippen molar-refractivity contribution >= 4 is 13.6 Å². The van der Waals surface area contributed by atoms with Gasteiger partial charge in [0.2, 0.25) is 0 Å². The van der Waals surface area contributed by atoms with E-state index in [2.05, 4.69) is 55.9 Å². The van der Waals surface area contributed by atoms with Crippen LogP contribution >= 0.6 is 0 Å². The second kappa shape index (κ2) is 5.56. The highest BCUT2D eigenvalue weighted by atomic mass is 28.3. The minimum Gasteiger partial charge on any atom is -0.127 e. The second-order valence-electron chi connectivity index (χ2n) is 4.80. The van der Waals surface area contributed by atoms with Gasteiger partial charge in [0.05, 0.1) is 0 Å². The van der Waals surface area contributed by atoms with Gasteiger partial charge in [-0.25, -0.2) is 0 Å². The molecule has 0 aliphatic rings. The van der Waals surface area contributed by atoms with E-state index in [0.29, 0.717) is 0 Å². The fourth-order valence-electron chi connectivity index (χ4n) is 1.17. The van der Waals surface area contributed by atoms with E-state index in [-0.39, 0.29) is 0 Å². The van der Waals surface area contributed by atoms with Gasteiger partial charge in [0.1, 0.15) is 8.07 Å². The van der Waals surface area contributed by atoms with Gasteiger partial charge in [-0.2, -0.15) is 0 Å². The highest BCUT2D eigenvalue weighted by Crippen LogP contribution is 2.10. The summed E-state index contributed by atoms with van der Waals surface area (Å²) in [5.41, 5.74) is 8.83. The highest BCUT2D eigenvalue weighted by Gasteiger charge is 2.06. The van der Waals surface area contributed by atoms with Crippen LogP contribution in [0.5, 0.6) is 0 Å². The zero-order valence-corrected chi connectivity index (χ0v) is 11.5. The van der Waals surface area contributed by atoms with Gasteiger partial charge in [0.25, 0.3) is 0 Å². The molecular weight excluding hydrogens is 208 g/mol. The predicted octanol–water partition coefficient (Wildman–Crippen LogP) is 4.13. The quantitative estimate of drug-likeness (QED) is 0.384.